The van der Waals surface area contributed by atoms with E-state index in [0.29, 0.717) is 53.2 Å². The Morgan fingerprint density at radius 1 is 0.809 bits per heavy atom. The highest BCUT2D eigenvalue weighted by Gasteiger charge is 2.30. The van der Waals surface area contributed by atoms with Crippen LogP contribution in [0.2, 0.25) is 0 Å². The van der Waals surface area contributed by atoms with E-state index in [-0.39, 0.29) is 11.5 Å². The van der Waals surface area contributed by atoms with Crippen LogP contribution in [0, 0.1) is 0 Å². The largest absolute Gasteiger partial charge is 0.493 e. The number of methoxy groups -OCH3 is 2. The SMILES string of the molecule is CCCCc1ccc(C(=O)N(CCc2ccc(OC)c(OC)c2)C(CC)c2nc3ccccc3c(=O)n2-c2ccc(CC)cc2)cc1. The van der Waals surface area contributed by atoms with Gasteiger partial charge >= 0.3 is 0 Å². The van der Waals surface area contributed by atoms with Gasteiger partial charge in [0.15, 0.2) is 11.5 Å². The van der Waals surface area contributed by atoms with Crippen molar-refractivity contribution in [3.63, 3.8) is 0 Å². The molecule has 7 nitrogen and oxygen atoms in total. The molecule has 0 saturated heterocycles. The third-order valence-corrected chi connectivity index (χ3v) is 8.84. The second-order valence-electron chi connectivity index (χ2n) is 11.8. The van der Waals surface area contributed by atoms with Gasteiger partial charge in [0.1, 0.15) is 5.82 Å². The van der Waals surface area contributed by atoms with Crippen molar-refractivity contribution in [3.8, 4) is 17.2 Å². The average Bonchev–Trinajstić information content (AvgIpc) is 3.12. The molecule has 0 aliphatic rings. The molecule has 4 aromatic carbocycles. The topological polar surface area (TPSA) is 73.7 Å². The molecule has 5 aromatic rings. The number of hydrogen-bond donors (Lipinski definition) is 0. The number of carbonyl (C=O) groups excluding carboxylic acids is 1. The number of hydrogen-bond acceptors (Lipinski definition) is 5. The number of fused-ring (bicyclic) bond motifs is 1. The number of aromatic nitrogens is 2. The third kappa shape index (κ3) is 7.40. The van der Waals surface area contributed by atoms with Crippen LogP contribution in [0.4, 0.5) is 0 Å². The van der Waals surface area contributed by atoms with Gasteiger partial charge in [-0.2, -0.15) is 0 Å². The monoisotopic (exact) mass is 631 g/mol. The summed E-state index contributed by atoms with van der Waals surface area (Å²) in [6, 6.07) is 28.7. The second kappa shape index (κ2) is 15.6. The van der Waals surface area contributed by atoms with Crippen LogP contribution < -0.4 is 15.0 Å². The van der Waals surface area contributed by atoms with Gasteiger partial charge in [-0.15, -0.1) is 0 Å². The lowest BCUT2D eigenvalue weighted by atomic mass is 10.0. The van der Waals surface area contributed by atoms with Crippen LogP contribution >= 0.6 is 0 Å². The Balaban J connectivity index is 1.63. The molecule has 1 heterocycles. The van der Waals surface area contributed by atoms with Crippen LogP contribution in [-0.4, -0.2) is 41.1 Å². The normalized spacial score (nSPS) is 11.8. The minimum absolute atomic E-state index is 0.102. The van der Waals surface area contributed by atoms with Crippen LogP contribution in [-0.2, 0) is 19.3 Å². The minimum Gasteiger partial charge on any atom is -0.493 e. The van der Waals surface area contributed by atoms with Crippen molar-refractivity contribution in [2.75, 3.05) is 20.8 Å². The first-order valence-electron chi connectivity index (χ1n) is 16.6. The number of carbonyl (C=O) groups is 1. The molecule has 0 aliphatic carbocycles. The number of rotatable bonds is 14. The van der Waals surface area contributed by atoms with E-state index in [2.05, 4.69) is 26.0 Å². The standard InChI is InChI=1S/C40H45N3O4/c1-6-9-12-29-15-20-31(21-16-29)39(44)42(26-25-30-19-24-36(46-4)37(27-30)47-5)35(8-3)38-41-34-14-11-10-13-33(34)40(45)43(38)32-22-17-28(7-2)18-23-32/h10-11,13-24,27,35H,6-9,12,25-26H2,1-5H3. The molecule has 0 fully saturated rings. The Kier molecular flexibility index (Phi) is 11.1. The Morgan fingerprint density at radius 3 is 2.15 bits per heavy atom. The van der Waals surface area contributed by atoms with E-state index < -0.39 is 6.04 Å². The zero-order valence-electron chi connectivity index (χ0n) is 28.2. The molecule has 5 rings (SSSR count). The molecule has 0 radical (unpaired) electrons. The molecular weight excluding hydrogens is 586 g/mol. The zero-order chi connectivity index (χ0) is 33.3. The first-order chi connectivity index (χ1) is 22.9. The second-order valence-corrected chi connectivity index (χ2v) is 11.8. The number of aryl methyl sites for hydroxylation is 2. The van der Waals surface area contributed by atoms with Crippen molar-refractivity contribution in [1.82, 2.24) is 14.5 Å². The molecule has 244 valence electrons. The van der Waals surface area contributed by atoms with Gasteiger partial charge in [-0.1, -0.05) is 69.7 Å². The molecule has 0 saturated carbocycles. The highest BCUT2D eigenvalue weighted by molar-refractivity contribution is 5.94. The van der Waals surface area contributed by atoms with Crippen LogP contribution in [0.3, 0.4) is 0 Å². The van der Waals surface area contributed by atoms with Crippen LogP contribution in [0.25, 0.3) is 16.6 Å². The van der Waals surface area contributed by atoms with E-state index in [1.54, 1.807) is 18.8 Å². The van der Waals surface area contributed by atoms with E-state index in [1.165, 1.54) is 11.1 Å². The molecule has 1 amide bonds. The molecule has 1 atom stereocenters. The van der Waals surface area contributed by atoms with Gasteiger partial charge in [-0.3, -0.25) is 14.2 Å². The lowest BCUT2D eigenvalue weighted by Crippen LogP contribution is -2.39. The van der Waals surface area contributed by atoms with Gasteiger partial charge in [0.2, 0.25) is 0 Å². The first-order valence-corrected chi connectivity index (χ1v) is 16.6. The molecule has 0 spiro atoms. The quantitative estimate of drug-likeness (QED) is 0.124. The van der Waals surface area contributed by atoms with Gasteiger partial charge < -0.3 is 14.4 Å². The Labute approximate surface area is 277 Å². The Morgan fingerprint density at radius 2 is 1.49 bits per heavy atom. The fourth-order valence-corrected chi connectivity index (χ4v) is 6.09. The van der Waals surface area contributed by atoms with Gasteiger partial charge in [-0.25, -0.2) is 4.98 Å². The van der Waals surface area contributed by atoms with Crippen molar-refractivity contribution in [3.05, 3.63) is 129 Å². The molecule has 1 unspecified atom stereocenters. The Hall–Kier alpha value is -4.91. The van der Waals surface area contributed by atoms with Crippen LogP contribution in [0.5, 0.6) is 11.5 Å². The maximum atomic E-state index is 14.5. The molecule has 47 heavy (non-hydrogen) atoms. The number of ether oxygens (including phenoxy) is 2. The van der Waals surface area contributed by atoms with Gasteiger partial charge in [0.25, 0.3) is 11.5 Å². The number of benzene rings is 4. The van der Waals surface area contributed by atoms with Crippen molar-refractivity contribution in [2.45, 2.75) is 65.3 Å². The fraction of sp³-hybridized carbons (Fsp3) is 0.325. The van der Waals surface area contributed by atoms with E-state index in [0.717, 1.165) is 36.9 Å². The lowest BCUT2D eigenvalue weighted by molar-refractivity contribution is 0.0661. The summed E-state index contributed by atoms with van der Waals surface area (Å²) < 4.78 is 12.7. The number of unbranched alkanes of at least 4 members (excludes halogenated alkanes) is 1. The molecule has 0 aliphatic heterocycles. The van der Waals surface area contributed by atoms with E-state index in [9.17, 15) is 9.59 Å². The highest BCUT2D eigenvalue weighted by atomic mass is 16.5. The lowest BCUT2D eigenvalue weighted by Gasteiger charge is -2.33. The van der Waals surface area contributed by atoms with Crippen LogP contribution in [0.15, 0.2) is 95.8 Å². The van der Waals surface area contributed by atoms with Gasteiger partial charge in [-0.05, 0) is 97.3 Å². The predicted octanol–water partition coefficient (Wildman–Crippen LogP) is 8.14. The van der Waals surface area contributed by atoms with Gasteiger partial charge in [0, 0.05) is 12.1 Å². The van der Waals surface area contributed by atoms with Crippen molar-refractivity contribution < 1.29 is 14.3 Å². The maximum absolute atomic E-state index is 14.5. The number of para-hydroxylation sites is 1. The fourth-order valence-electron chi connectivity index (χ4n) is 6.09. The number of nitrogens with zero attached hydrogens (tertiary/aromatic N) is 3. The van der Waals surface area contributed by atoms with Crippen molar-refractivity contribution >= 4 is 16.8 Å². The summed E-state index contributed by atoms with van der Waals surface area (Å²) in [5, 5.41) is 0.538. The molecule has 0 bridgehead atoms. The Bertz CT molecular complexity index is 1860. The molecule has 7 heteroatoms. The maximum Gasteiger partial charge on any atom is 0.266 e. The smallest absolute Gasteiger partial charge is 0.266 e. The summed E-state index contributed by atoms with van der Waals surface area (Å²) in [7, 11) is 3.23. The summed E-state index contributed by atoms with van der Waals surface area (Å²) >= 11 is 0. The average molecular weight is 632 g/mol. The zero-order valence-corrected chi connectivity index (χ0v) is 28.2. The summed E-state index contributed by atoms with van der Waals surface area (Å²) in [6.07, 6.45) is 5.22. The molecule has 0 N–H and O–H groups in total. The van der Waals surface area contributed by atoms with E-state index in [4.69, 9.17) is 14.5 Å². The summed E-state index contributed by atoms with van der Waals surface area (Å²) in [6.45, 7) is 6.73. The minimum atomic E-state index is -0.481. The first kappa shape index (κ1) is 33.5. The predicted molar refractivity (Wildman–Crippen MR) is 189 cm³/mol. The third-order valence-electron chi connectivity index (χ3n) is 8.84. The van der Waals surface area contributed by atoms with Crippen molar-refractivity contribution in [1.29, 1.82) is 0 Å². The van der Waals surface area contributed by atoms with E-state index >= 15 is 0 Å². The van der Waals surface area contributed by atoms with Gasteiger partial charge in [0.05, 0.1) is 36.9 Å². The highest BCUT2D eigenvalue weighted by Crippen LogP contribution is 2.31. The summed E-state index contributed by atoms with van der Waals surface area (Å²) in [4.78, 5) is 35.7. The van der Waals surface area contributed by atoms with E-state index in [1.807, 2.05) is 90.7 Å². The number of amides is 1. The molecule has 1 aromatic heterocycles. The van der Waals surface area contributed by atoms with Crippen LogP contribution in [0.1, 0.15) is 78.9 Å². The van der Waals surface area contributed by atoms with Crippen molar-refractivity contribution in [2.24, 2.45) is 0 Å². The summed E-state index contributed by atoms with van der Waals surface area (Å²) in [5.74, 6) is 1.73. The summed E-state index contributed by atoms with van der Waals surface area (Å²) in [5.41, 5.74) is 5.20. The molecular formula is C40H45N3O4.